The summed E-state index contributed by atoms with van der Waals surface area (Å²) >= 11 is 1.71. The number of Topliss-reactive ketones (excluding diaryl/α,β-unsaturated/α-hetero) is 1. The first kappa shape index (κ1) is 24.3. The Morgan fingerprint density at radius 3 is 2.47 bits per heavy atom. The quantitative estimate of drug-likeness (QED) is 0.275. The number of hydrogen-bond acceptors (Lipinski definition) is 6. The van der Waals surface area contributed by atoms with Crippen molar-refractivity contribution in [1.29, 1.82) is 0 Å². The highest BCUT2D eigenvalue weighted by atomic mass is 32.1. The lowest BCUT2D eigenvalue weighted by atomic mass is 9.73. The molecule has 4 aromatic rings. The lowest BCUT2D eigenvalue weighted by molar-refractivity contribution is -0.116. The molecule has 3 aromatic carbocycles. The number of ketones is 1. The predicted octanol–water partition coefficient (Wildman–Crippen LogP) is 7.30. The predicted molar refractivity (Wildman–Crippen MR) is 151 cm³/mol. The first-order chi connectivity index (χ1) is 18.6. The molecular formula is C32H29NO4S. The van der Waals surface area contributed by atoms with Crippen LogP contribution in [0.15, 0.2) is 95.5 Å². The van der Waals surface area contributed by atoms with Gasteiger partial charge in [-0.3, -0.25) is 4.79 Å². The summed E-state index contributed by atoms with van der Waals surface area (Å²) in [7, 11) is 3.27. The summed E-state index contributed by atoms with van der Waals surface area (Å²) in [4.78, 5) is 15.1. The molecule has 0 bridgehead atoms. The third-order valence-corrected chi connectivity index (χ3v) is 8.37. The van der Waals surface area contributed by atoms with E-state index in [4.69, 9.17) is 14.2 Å². The molecule has 192 valence electrons. The molecule has 0 amide bonds. The normalized spacial score (nSPS) is 18.3. The number of hydrogen-bond donors (Lipinski definition) is 1. The number of thiophene rings is 1. The fourth-order valence-corrected chi connectivity index (χ4v) is 6.37. The maximum atomic E-state index is 13.8. The van der Waals surface area contributed by atoms with E-state index in [9.17, 15) is 4.79 Å². The van der Waals surface area contributed by atoms with Crippen molar-refractivity contribution in [3.63, 3.8) is 0 Å². The van der Waals surface area contributed by atoms with E-state index >= 15 is 0 Å². The number of fused-ring (bicyclic) bond motifs is 1. The zero-order chi connectivity index (χ0) is 26.1. The van der Waals surface area contributed by atoms with Gasteiger partial charge in [-0.05, 0) is 52.8 Å². The number of carbonyl (C=O) groups is 1. The van der Waals surface area contributed by atoms with Crippen molar-refractivity contribution in [2.24, 2.45) is 0 Å². The van der Waals surface area contributed by atoms with Gasteiger partial charge in [0.25, 0.3) is 0 Å². The van der Waals surface area contributed by atoms with Gasteiger partial charge in [-0.2, -0.15) is 0 Å². The van der Waals surface area contributed by atoms with Crippen molar-refractivity contribution in [2.45, 2.75) is 31.3 Å². The Kier molecular flexibility index (Phi) is 6.64. The minimum Gasteiger partial charge on any atom is -0.493 e. The van der Waals surface area contributed by atoms with Gasteiger partial charge >= 0.3 is 0 Å². The molecule has 1 aromatic heterocycles. The SMILES string of the molecule is COc1cc2c(cc1OC)[C@@H](c1cccc(OCc3ccccc3)c1)C1=C(C[C@H](c3cccs3)CC1=O)N2. The Bertz CT molecular complexity index is 1490. The Morgan fingerprint density at radius 1 is 0.895 bits per heavy atom. The number of benzene rings is 3. The molecule has 0 saturated carbocycles. The van der Waals surface area contributed by atoms with Crippen molar-refractivity contribution < 1.29 is 19.0 Å². The van der Waals surface area contributed by atoms with Crippen molar-refractivity contribution in [2.75, 3.05) is 19.5 Å². The number of allylic oxidation sites excluding steroid dienone is 2. The third-order valence-electron chi connectivity index (χ3n) is 7.33. The van der Waals surface area contributed by atoms with E-state index in [-0.39, 0.29) is 17.6 Å². The van der Waals surface area contributed by atoms with Gasteiger partial charge in [0.2, 0.25) is 0 Å². The lowest BCUT2D eigenvalue weighted by Crippen LogP contribution is -2.29. The van der Waals surface area contributed by atoms with Gasteiger partial charge in [-0.25, -0.2) is 0 Å². The zero-order valence-corrected chi connectivity index (χ0v) is 22.2. The van der Waals surface area contributed by atoms with Crippen molar-refractivity contribution in [3.05, 3.63) is 117 Å². The van der Waals surface area contributed by atoms with E-state index in [1.54, 1.807) is 25.6 Å². The van der Waals surface area contributed by atoms with Gasteiger partial charge in [-0.1, -0.05) is 48.5 Å². The largest absolute Gasteiger partial charge is 0.493 e. The molecule has 38 heavy (non-hydrogen) atoms. The molecule has 2 heterocycles. The molecule has 0 fully saturated rings. The van der Waals surface area contributed by atoms with Crippen LogP contribution in [-0.4, -0.2) is 20.0 Å². The lowest BCUT2D eigenvalue weighted by Gasteiger charge is -2.37. The molecule has 6 heteroatoms. The number of nitrogens with one attached hydrogen (secondary N) is 1. The van der Waals surface area contributed by atoms with Crippen LogP contribution < -0.4 is 19.5 Å². The summed E-state index contributed by atoms with van der Waals surface area (Å²) in [5.41, 5.74) is 5.86. The highest BCUT2D eigenvalue weighted by molar-refractivity contribution is 7.10. The van der Waals surface area contributed by atoms with Crippen LogP contribution in [0.5, 0.6) is 17.2 Å². The van der Waals surface area contributed by atoms with Gasteiger partial charge in [0.15, 0.2) is 17.3 Å². The standard InChI is InChI=1S/C32H29NO4S/c1-35-28-17-24-25(18-29(28)36-2)33-26-15-22(30-12-7-13-38-30)16-27(34)32(26)31(24)21-10-6-11-23(14-21)37-19-20-8-4-3-5-9-20/h3-14,17-18,22,31,33H,15-16,19H2,1-2H3/t22-,31+/m0/s1. The van der Waals surface area contributed by atoms with Gasteiger partial charge in [0.1, 0.15) is 12.4 Å². The summed E-state index contributed by atoms with van der Waals surface area (Å²) in [6, 6.07) is 26.4. The van der Waals surface area contributed by atoms with Crippen LogP contribution in [0.25, 0.3) is 0 Å². The number of ether oxygens (including phenoxy) is 3. The van der Waals surface area contributed by atoms with Crippen LogP contribution in [0, 0.1) is 0 Å². The van der Waals surface area contributed by atoms with E-state index in [1.807, 2.05) is 54.6 Å². The van der Waals surface area contributed by atoms with Crippen LogP contribution in [0.2, 0.25) is 0 Å². The number of carbonyl (C=O) groups excluding carboxylic acids is 1. The second-order valence-electron chi connectivity index (χ2n) is 9.64. The van der Waals surface area contributed by atoms with Gasteiger partial charge in [0, 0.05) is 46.2 Å². The molecule has 2 atom stereocenters. The fraction of sp³-hybridized carbons (Fsp3) is 0.219. The van der Waals surface area contributed by atoms with E-state index in [0.717, 1.165) is 45.8 Å². The topological polar surface area (TPSA) is 56.8 Å². The fourth-order valence-electron chi connectivity index (χ4n) is 5.54. The maximum absolute atomic E-state index is 13.8. The summed E-state index contributed by atoms with van der Waals surface area (Å²) in [5, 5.41) is 5.68. The van der Waals surface area contributed by atoms with E-state index < -0.39 is 0 Å². The first-order valence-electron chi connectivity index (χ1n) is 12.7. The Hall–Kier alpha value is -4.03. The number of methoxy groups -OCH3 is 2. The van der Waals surface area contributed by atoms with Crippen LogP contribution in [0.3, 0.4) is 0 Å². The van der Waals surface area contributed by atoms with Crippen molar-refractivity contribution in [3.8, 4) is 17.2 Å². The van der Waals surface area contributed by atoms with Crippen molar-refractivity contribution in [1.82, 2.24) is 0 Å². The monoisotopic (exact) mass is 523 g/mol. The smallest absolute Gasteiger partial charge is 0.162 e. The molecule has 1 aliphatic heterocycles. The van der Waals surface area contributed by atoms with Crippen LogP contribution >= 0.6 is 11.3 Å². The molecule has 6 rings (SSSR count). The van der Waals surface area contributed by atoms with Gasteiger partial charge in [0.05, 0.1) is 14.2 Å². The van der Waals surface area contributed by atoms with Crippen LogP contribution in [-0.2, 0) is 11.4 Å². The first-order valence-corrected chi connectivity index (χ1v) is 13.6. The molecule has 1 N–H and O–H groups in total. The summed E-state index contributed by atoms with van der Waals surface area (Å²) in [6.07, 6.45) is 1.29. The van der Waals surface area contributed by atoms with Gasteiger partial charge in [-0.15, -0.1) is 11.3 Å². The average molecular weight is 524 g/mol. The van der Waals surface area contributed by atoms with Crippen LogP contribution in [0.4, 0.5) is 5.69 Å². The van der Waals surface area contributed by atoms with Crippen molar-refractivity contribution >= 4 is 22.8 Å². The van der Waals surface area contributed by atoms with E-state index in [0.29, 0.717) is 24.5 Å². The van der Waals surface area contributed by atoms with Gasteiger partial charge < -0.3 is 19.5 Å². The molecule has 0 radical (unpaired) electrons. The molecule has 1 aliphatic carbocycles. The second-order valence-corrected chi connectivity index (χ2v) is 10.6. The third kappa shape index (κ3) is 4.56. The minimum atomic E-state index is -0.238. The Labute approximate surface area is 226 Å². The Balaban J connectivity index is 1.42. The summed E-state index contributed by atoms with van der Waals surface area (Å²) in [6.45, 7) is 0.480. The van der Waals surface area contributed by atoms with Crippen LogP contribution in [0.1, 0.15) is 46.2 Å². The average Bonchev–Trinajstić information content (AvgIpc) is 3.50. The molecule has 2 aliphatic rings. The highest BCUT2D eigenvalue weighted by Crippen LogP contribution is 2.51. The molecule has 5 nitrogen and oxygen atoms in total. The van der Waals surface area contributed by atoms with E-state index in [2.05, 4.69) is 35.0 Å². The second kappa shape index (κ2) is 10.4. The summed E-state index contributed by atoms with van der Waals surface area (Å²) in [5.74, 6) is 2.18. The van der Waals surface area contributed by atoms with E-state index in [1.165, 1.54) is 4.88 Å². The maximum Gasteiger partial charge on any atom is 0.162 e. The minimum absolute atomic E-state index is 0.177. The molecule has 0 unspecified atom stereocenters. The number of anilines is 1. The highest BCUT2D eigenvalue weighted by Gasteiger charge is 2.39. The Morgan fingerprint density at radius 2 is 1.71 bits per heavy atom. The zero-order valence-electron chi connectivity index (χ0n) is 21.4. The molecule has 0 saturated heterocycles. The summed E-state index contributed by atoms with van der Waals surface area (Å²) < 4.78 is 17.4. The molecule has 0 spiro atoms. The molecular weight excluding hydrogens is 494 g/mol. The number of rotatable bonds is 7.